The van der Waals surface area contributed by atoms with Crippen LogP contribution in [0, 0.1) is 6.92 Å². The maximum absolute atomic E-state index is 12.3. The number of aryl methyl sites for hydroxylation is 2. The molecule has 2 saturated heterocycles. The maximum Gasteiger partial charge on any atom is 0.350 e. The van der Waals surface area contributed by atoms with Crippen molar-refractivity contribution in [2.45, 2.75) is 43.2 Å². The second-order valence-corrected chi connectivity index (χ2v) is 11.7. The summed E-state index contributed by atoms with van der Waals surface area (Å²) in [4.78, 5) is 32.7. The highest BCUT2D eigenvalue weighted by Crippen LogP contribution is 2.36. The lowest BCUT2D eigenvalue weighted by molar-refractivity contribution is 0.0237. The molecular weight excluding hydrogens is 434 g/mol. The summed E-state index contributed by atoms with van der Waals surface area (Å²) in [6, 6.07) is 0.450. The highest BCUT2D eigenvalue weighted by molar-refractivity contribution is 7.96. The van der Waals surface area contributed by atoms with E-state index in [2.05, 4.69) is 28.1 Å². The fraction of sp³-hybridized carbons (Fsp3) is 0.619. The van der Waals surface area contributed by atoms with E-state index < -0.39 is 0 Å². The van der Waals surface area contributed by atoms with Gasteiger partial charge in [-0.1, -0.05) is 0 Å². The molecule has 0 saturated carbocycles. The predicted octanol–water partition coefficient (Wildman–Crippen LogP) is 2.07. The molecule has 2 aromatic heterocycles. The van der Waals surface area contributed by atoms with Crippen LogP contribution in [0.4, 0.5) is 11.8 Å². The normalized spacial score (nSPS) is 21.6. The van der Waals surface area contributed by atoms with Crippen molar-refractivity contribution in [3.05, 3.63) is 21.8 Å². The number of fused-ring (bicyclic) bond motifs is 1. The molecule has 0 N–H and O–H groups in total. The number of anilines is 2. The number of nitrogens with zero attached hydrogens (tertiary/aromatic N) is 5. The number of hydrogen-bond acceptors (Lipinski definition) is 9. The molecule has 0 radical (unpaired) electrons. The Morgan fingerprint density at radius 1 is 1.32 bits per heavy atom. The van der Waals surface area contributed by atoms with Crippen LogP contribution in [-0.4, -0.2) is 78.4 Å². The fourth-order valence-electron chi connectivity index (χ4n) is 4.32. The quantitative estimate of drug-likeness (QED) is 0.494. The van der Waals surface area contributed by atoms with Gasteiger partial charge in [-0.15, -0.1) is 11.3 Å². The van der Waals surface area contributed by atoms with Crippen molar-refractivity contribution >= 4 is 40.0 Å². The topological polar surface area (TPSA) is 80.7 Å². The van der Waals surface area contributed by atoms with Crippen LogP contribution in [0.1, 0.15) is 33.2 Å². The summed E-state index contributed by atoms with van der Waals surface area (Å²) in [6.45, 7) is 4.76. The summed E-state index contributed by atoms with van der Waals surface area (Å²) in [6.07, 6.45) is 6.82. The zero-order valence-electron chi connectivity index (χ0n) is 18.2. The predicted molar refractivity (Wildman–Crippen MR) is 123 cm³/mol. The standard InChI is InChI=1S/C21H28N5O3S2/c1-13-22-10-17(30-13)20(27)29-15-11-26(12-15)21-23-16-6-9-31(3)18(16)19(24-21)25(2)14-4-7-28-8-5-14/h10,14-15H,4-9,11-12H2,1-3H3/q+1. The Hall–Kier alpha value is -1.91. The van der Waals surface area contributed by atoms with E-state index in [1.165, 1.54) is 21.9 Å². The van der Waals surface area contributed by atoms with E-state index in [-0.39, 0.29) is 23.0 Å². The van der Waals surface area contributed by atoms with E-state index in [0.29, 0.717) is 24.0 Å². The Morgan fingerprint density at radius 2 is 2.10 bits per heavy atom. The number of rotatable bonds is 5. The average Bonchev–Trinajstić information content (AvgIpc) is 3.35. The molecule has 2 aromatic rings. The number of carbonyl (C=O) groups is 1. The minimum Gasteiger partial charge on any atom is -0.454 e. The zero-order valence-corrected chi connectivity index (χ0v) is 19.8. The molecule has 1 unspecified atom stereocenters. The molecule has 166 valence electrons. The third kappa shape index (κ3) is 4.12. The minimum absolute atomic E-state index is 0.135. The lowest BCUT2D eigenvalue weighted by Gasteiger charge is -2.39. The first-order valence-electron chi connectivity index (χ1n) is 10.7. The number of carbonyl (C=O) groups excluding carboxylic acids is 1. The lowest BCUT2D eigenvalue weighted by atomic mass is 10.1. The van der Waals surface area contributed by atoms with Gasteiger partial charge in [0.15, 0.2) is 5.82 Å². The molecule has 0 aromatic carbocycles. The Bertz CT molecular complexity index is 972. The van der Waals surface area contributed by atoms with Gasteiger partial charge in [0.05, 0.1) is 24.3 Å². The van der Waals surface area contributed by atoms with E-state index >= 15 is 0 Å². The average molecular weight is 463 g/mol. The lowest BCUT2D eigenvalue weighted by Crippen LogP contribution is -2.54. The van der Waals surface area contributed by atoms with Crippen molar-refractivity contribution in [2.75, 3.05) is 55.2 Å². The Kier molecular flexibility index (Phi) is 5.78. The van der Waals surface area contributed by atoms with Gasteiger partial charge in [0.25, 0.3) is 0 Å². The molecule has 10 heteroatoms. The van der Waals surface area contributed by atoms with Gasteiger partial charge in [0.1, 0.15) is 28.7 Å². The molecule has 0 amide bonds. The second kappa shape index (κ2) is 8.55. The van der Waals surface area contributed by atoms with Crippen molar-refractivity contribution in [3.63, 3.8) is 0 Å². The van der Waals surface area contributed by atoms with Crippen LogP contribution in [0.15, 0.2) is 11.1 Å². The van der Waals surface area contributed by atoms with Crippen molar-refractivity contribution in [1.29, 1.82) is 0 Å². The molecule has 31 heavy (non-hydrogen) atoms. The van der Waals surface area contributed by atoms with E-state index in [1.54, 1.807) is 6.20 Å². The smallest absolute Gasteiger partial charge is 0.350 e. The van der Waals surface area contributed by atoms with Gasteiger partial charge < -0.3 is 19.3 Å². The maximum atomic E-state index is 12.3. The summed E-state index contributed by atoms with van der Waals surface area (Å²) in [5, 5.41) is 0.866. The number of thiazole rings is 1. The second-order valence-electron chi connectivity index (χ2n) is 8.34. The first-order chi connectivity index (χ1) is 15.0. The van der Waals surface area contributed by atoms with Gasteiger partial charge in [0, 0.05) is 43.6 Å². The van der Waals surface area contributed by atoms with Crippen LogP contribution in [0.3, 0.4) is 0 Å². The van der Waals surface area contributed by atoms with Crippen LogP contribution in [-0.2, 0) is 26.8 Å². The third-order valence-electron chi connectivity index (χ3n) is 6.20. The minimum atomic E-state index is -0.292. The van der Waals surface area contributed by atoms with Crippen molar-refractivity contribution < 1.29 is 14.3 Å². The zero-order chi connectivity index (χ0) is 21.5. The van der Waals surface area contributed by atoms with Gasteiger partial charge in [0.2, 0.25) is 10.8 Å². The van der Waals surface area contributed by atoms with Crippen molar-refractivity contribution in [1.82, 2.24) is 15.0 Å². The highest BCUT2D eigenvalue weighted by atomic mass is 32.2. The molecule has 8 nitrogen and oxygen atoms in total. The molecular formula is C21H28N5O3S2+. The molecule has 0 aliphatic carbocycles. The van der Waals surface area contributed by atoms with E-state index in [1.807, 2.05) is 6.92 Å². The van der Waals surface area contributed by atoms with Crippen molar-refractivity contribution in [2.24, 2.45) is 0 Å². The Balaban J connectivity index is 1.31. The molecule has 5 rings (SSSR count). The number of aromatic nitrogens is 3. The monoisotopic (exact) mass is 462 g/mol. The number of ether oxygens (including phenoxy) is 2. The van der Waals surface area contributed by atoms with Gasteiger partial charge in [-0.05, 0) is 19.8 Å². The Labute approximate surface area is 189 Å². The molecule has 3 aliphatic rings. The molecule has 0 spiro atoms. The molecule has 3 aliphatic heterocycles. The van der Waals surface area contributed by atoms with Crippen molar-refractivity contribution in [3.8, 4) is 0 Å². The van der Waals surface area contributed by atoms with Crippen LogP contribution >= 0.6 is 11.3 Å². The van der Waals surface area contributed by atoms with Crippen LogP contribution in [0.2, 0.25) is 0 Å². The first-order valence-corrected chi connectivity index (χ1v) is 13.3. The molecule has 5 heterocycles. The van der Waals surface area contributed by atoms with Crippen LogP contribution in [0.5, 0.6) is 0 Å². The summed E-state index contributed by atoms with van der Waals surface area (Å²) in [5.74, 6) is 2.69. The summed E-state index contributed by atoms with van der Waals surface area (Å²) >= 11 is 1.36. The SMILES string of the molecule is Cc1ncc(C(=O)OC2CN(c3nc4c(c(N(C)C5CCOCC5)n3)[S+](C)CC4)C2)s1. The molecule has 2 fully saturated rings. The Morgan fingerprint density at radius 3 is 2.81 bits per heavy atom. The largest absolute Gasteiger partial charge is 0.454 e. The summed E-state index contributed by atoms with van der Waals surface area (Å²) in [5.41, 5.74) is 1.19. The third-order valence-corrected chi connectivity index (χ3v) is 9.02. The summed E-state index contributed by atoms with van der Waals surface area (Å²) in [7, 11) is 2.35. The molecule has 0 bridgehead atoms. The highest BCUT2D eigenvalue weighted by Gasteiger charge is 2.40. The van der Waals surface area contributed by atoms with Gasteiger partial charge >= 0.3 is 5.97 Å². The summed E-state index contributed by atoms with van der Waals surface area (Å²) < 4.78 is 11.2. The van der Waals surface area contributed by atoms with E-state index in [9.17, 15) is 4.79 Å². The van der Waals surface area contributed by atoms with Gasteiger partial charge in [-0.25, -0.2) is 14.8 Å². The van der Waals surface area contributed by atoms with Crippen LogP contribution < -0.4 is 9.80 Å². The number of hydrogen-bond donors (Lipinski definition) is 0. The fourth-order valence-corrected chi connectivity index (χ4v) is 6.73. The van der Waals surface area contributed by atoms with Gasteiger partial charge in [-0.2, -0.15) is 4.98 Å². The van der Waals surface area contributed by atoms with Gasteiger partial charge in [-0.3, -0.25) is 0 Å². The molecule has 1 atom stereocenters. The van der Waals surface area contributed by atoms with E-state index in [4.69, 9.17) is 19.4 Å². The number of esters is 1. The van der Waals surface area contributed by atoms with E-state index in [0.717, 1.165) is 55.0 Å². The first kappa shape index (κ1) is 21.0. The van der Waals surface area contributed by atoms with Crippen LogP contribution in [0.25, 0.3) is 0 Å².